The molecule has 14 heavy (non-hydrogen) atoms. The van der Waals surface area contributed by atoms with Gasteiger partial charge in [-0.15, -0.1) is 0 Å². The first kappa shape index (κ1) is 11.9. The van der Waals surface area contributed by atoms with E-state index in [9.17, 15) is 8.78 Å². The molecular weight excluding hydrogens is 184 g/mol. The fourth-order valence-electron chi connectivity index (χ4n) is 2.21. The Labute approximate surface area is 85.5 Å². The molecule has 0 aromatic heterocycles. The van der Waals surface area contributed by atoms with E-state index in [1.165, 1.54) is 4.90 Å². The minimum atomic E-state index is -2.60. The summed E-state index contributed by atoms with van der Waals surface area (Å²) in [7, 11) is 0. The van der Waals surface area contributed by atoms with Crippen LogP contribution < -0.4 is 0 Å². The van der Waals surface area contributed by atoms with Gasteiger partial charge in [0.05, 0.1) is 0 Å². The summed E-state index contributed by atoms with van der Waals surface area (Å²) in [6.45, 7) is 8.28. The van der Waals surface area contributed by atoms with Gasteiger partial charge in [0.2, 0.25) is 0 Å². The van der Waals surface area contributed by atoms with E-state index in [1.54, 1.807) is 0 Å². The average Bonchev–Trinajstić information content (AvgIpc) is 2.01. The molecule has 0 aromatic carbocycles. The van der Waals surface area contributed by atoms with Gasteiger partial charge in [-0.25, -0.2) is 4.90 Å². The molecule has 0 amide bonds. The molecule has 1 aliphatic heterocycles. The summed E-state index contributed by atoms with van der Waals surface area (Å²) in [6.07, 6.45) is 0.939. The molecule has 0 N–H and O–H groups in total. The second-order valence-electron chi connectivity index (χ2n) is 4.95. The van der Waals surface area contributed by atoms with E-state index in [-0.39, 0.29) is 18.4 Å². The molecule has 0 aromatic rings. The maximum Gasteiger partial charge on any atom is 0.305 e. The van der Waals surface area contributed by atoms with E-state index in [0.29, 0.717) is 12.5 Å². The van der Waals surface area contributed by atoms with Gasteiger partial charge in [-0.1, -0.05) is 13.8 Å². The Hall–Kier alpha value is -0.180. The van der Waals surface area contributed by atoms with Crippen LogP contribution in [-0.4, -0.2) is 23.5 Å². The van der Waals surface area contributed by atoms with E-state index in [1.807, 2.05) is 27.7 Å². The Morgan fingerprint density at radius 1 is 1.21 bits per heavy atom. The fraction of sp³-hybridized carbons (Fsp3) is 1.00. The van der Waals surface area contributed by atoms with Crippen molar-refractivity contribution in [2.45, 2.75) is 52.6 Å². The van der Waals surface area contributed by atoms with Crippen LogP contribution >= 0.6 is 0 Å². The lowest BCUT2D eigenvalue weighted by Crippen LogP contribution is -2.51. The van der Waals surface area contributed by atoms with Crippen LogP contribution in [0.5, 0.6) is 0 Å². The van der Waals surface area contributed by atoms with Crippen LogP contribution in [0.3, 0.4) is 0 Å². The topological polar surface area (TPSA) is 3.24 Å². The summed E-state index contributed by atoms with van der Waals surface area (Å²) in [4.78, 5) is 1.33. The number of piperidine rings is 1. The Bertz CT molecular complexity index is 190. The molecular formula is C11H21F2N. The molecule has 1 nitrogen and oxygen atoms in total. The number of nitrogens with zero attached hydrogens (tertiary/aromatic N) is 1. The highest BCUT2D eigenvalue weighted by atomic mass is 19.3. The number of alkyl halides is 2. The maximum atomic E-state index is 13.7. The van der Waals surface area contributed by atoms with Crippen LogP contribution in [0.4, 0.5) is 8.78 Å². The van der Waals surface area contributed by atoms with E-state index < -0.39 is 6.05 Å². The highest BCUT2D eigenvalue weighted by molar-refractivity contribution is 4.84. The lowest BCUT2D eigenvalue weighted by Gasteiger charge is -2.42. The molecule has 0 aliphatic carbocycles. The molecule has 0 unspecified atom stereocenters. The van der Waals surface area contributed by atoms with Gasteiger partial charge in [0.25, 0.3) is 0 Å². The summed E-state index contributed by atoms with van der Waals surface area (Å²) in [5.74, 6) is 0.551. The van der Waals surface area contributed by atoms with Crippen LogP contribution in [-0.2, 0) is 0 Å². The fourth-order valence-corrected chi connectivity index (χ4v) is 2.21. The summed E-state index contributed by atoms with van der Waals surface area (Å²) in [6, 6.07) is -2.65. The molecule has 0 bridgehead atoms. The van der Waals surface area contributed by atoms with Crippen molar-refractivity contribution in [3.05, 3.63) is 0 Å². The molecule has 0 spiro atoms. The summed E-state index contributed by atoms with van der Waals surface area (Å²) in [5, 5.41) is 0. The highest BCUT2D eigenvalue weighted by Crippen LogP contribution is 2.38. The Morgan fingerprint density at radius 2 is 1.79 bits per heavy atom. The molecule has 84 valence electrons. The van der Waals surface area contributed by atoms with Gasteiger partial charge in [0.1, 0.15) is 0 Å². The van der Waals surface area contributed by atoms with Crippen LogP contribution in [0.1, 0.15) is 40.5 Å². The predicted molar refractivity (Wildman–Crippen MR) is 54.4 cm³/mol. The Balaban J connectivity index is 2.65. The van der Waals surface area contributed by atoms with E-state index in [0.717, 1.165) is 6.42 Å². The first-order valence-corrected chi connectivity index (χ1v) is 5.49. The van der Waals surface area contributed by atoms with Gasteiger partial charge >= 0.3 is 6.05 Å². The van der Waals surface area contributed by atoms with E-state index >= 15 is 0 Å². The maximum absolute atomic E-state index is 13.7. The molecule has 1 rings (SSSR count). The summed E-state index contributed by atoms with van der Waals surface area (Å²) >= 11 is 0. The van der Waals surface area contributed by atoms with Gasteiger partial charge in [0, 0.05) is 19.0 Å². The minimum absolute atomic E-state index is 0.0306. The van der Waals surface area contributed by atoms with Crippen molar-refractivity contribution < 1.29 is 8.78 Å². The summed E-state index contributed by atoms with van der Waals surface area (Å²) in [5.41, 5.74) is 0. The smallest absolute Gasteiger partial charge is 0.242 e. The second-order valence-corrected chi connectivity index (χ2v) is 4.95. The average molecular weight is 205 g/mol. The first-order valence-electron chi connectivity index (χ1n) is 5.49. The van der Waals surface area contributed by atoms with Crippen molar-refractivity contribution >= 4 is 0 Å². The molecule has 1 fully saturated rings. The van der Waals surface area contributed by atoms with Crippen molar-refractivity contribution in [2.24, 2.45) is 11.8 Å². The van der Waals surface area contributed by atoms with Crippen molar-refractivity contribution in [3.63, 3.8) is 0 Å². The molecule has 1 atom stereocenters. The summed E-state index contributed by atoms with van der Waals surface area (Å²) < 4.78 is 27.3. The largest absolute Gasteiger partial charge is 0.305 e. The molecule has 0 radical (unpaired) electrons. The van der Waals surface area contributed by atoms with Gasteiger partial charge in [-0.05, 0) is 32.1 Å². The minimum Gasteiger partial charge on any atom is -0.242 e. The molecule has 1 heterocycles. The Morgan fingerprint density at radius 3 is 2.14 bits per heavy atom. The second kappa shape index (κ2) is 4.13. The molecule has 1 saturated heterocycles. The van der Waals surface area contributed by atoms with Crippen LogP contribution in [0, 0.1) is 11.8 Å². The molecule has 0 saturated carbocycles. The third-order valence-electron chi connectivity index (χ3n) is 3.23. The molecule has 3 heteroatoms. The number of hydrogen-bond acceptors (Lipinski definition) is 1. The van der Waals surface area contributed by atoms with Gasteiger partial charge in [-0.3, -0.25) is 0 Å². The molecule has 1 aliphatic rings. The van der Waals surface area contributed by atoms with Crippen LogP contribution in [0.25, 0.3) is 0 Å². The Kier molecular flexibility index (Phi) is 3.51. The monoisotopic (exact) mass is 205 g/mol. The van der Waals surface area contributed by atoms with Gasteiger partial charge < -0.3 is 0 Å². The third kappa shape index (κ3) is 2.44. The van der Waals surface area contributed by atoms with E-state index in [2.05, 4.69) is 0 Å². The van der Waals surface area contributed by atoms with Crippen molar-refractivity contribution in [1.82, 2.24) is 4.90 Å². The van der Waals surface area contributed by atoms with Crippen LogP contribution in [0.2, 0.25) is 0 Å². The zero-order valence-electron chi connectivity index (χ0n) is 9.56. The highest BCUT2D eigenvalue weighted by Gasteiger charge is 2.44. The van der Waals surface area contributed by atoms with E-state index in [4.69, 9.17) is 0 Å². The predicted octanol–water partition coefficient (Wildman–Crippen LogP) is 3.36. The van der Waals surface area contributed by atoms with Gasteiger partial charge in [0.15, 0.2) is 0 Å². The standard InChI is InChI=1S/C11H21F2N/c1-8(2)10-5-6-14(9(3)4)11(12,13)7-10/h8-10H,5-7H2,1-4H3/t10-/m0/s1. The third-order valence-corrected chi connectivity index (χ3v) is 3.23. The van der Waals surface area contributed by atoms with Crippen molar-refractivity contribution in [3.8, 4) is 0 Å². The van der Waals surface area contributed by atoms with Crippen molar-refractivity contribution in [1.29, 1.82) is 0 Å². The number of hydrogen-bond donors (Lipinski definition) is 0. The SMILES string of the molecule is CC(C)[C@H]1CCN(C(C)C)C(F)(F)C1. The first-order chi connectivity index (χ1) is 6.34. The number of likely N-dealkylation sites (tertiary alicyclic amines) is 1. The number of rotatable bonds is 2. The zero-order chi connectivity index (χ0) is 10.9. The zero-order valence-corrected chi connectivity index (χ0v) is 9.56. The quantitative estimate of drug-likeness (QED) is 0.625. The van der Waals surface area contributed by atoms with Gasteiger partial charge in [-0.2, -0.15) is 8.78 Å². The normalized spacial score (nSPS) is 28.7. The lowest BCUT2D eigenvalue weighted by atomic mass is 9.85. The van der Waals surface area contributed by atoms with Crippen LogP contribution in [0.15, 0.2) is 0 Å². The number of halogens is 2. The van der Waals surface area contributed by atoms with Crippen molar-refractivity contribution in [2.75, 3.05) is 6.54 Å². The lowest BCUT2D eigenvalue weighted by molar-refractivity contribution is -0.196.